The molecular formula is C11H20N4. The van der Waals surface area contributed by atoms with Gasteiger partial charge in [-0.05, 0) is 13.3 Å². The van der Waals surface area contributed by atoms with Crippen molar-refractivity contribution in [3.63, 3.8) is 0 Å². The predicted molar refractivity (Wildman–Crippen MR) is 60.7 cm³/mol. The van der Waals surface area contributed by atoms with Crippen LogP contribution in [0.1, 0.15) is 13.3 Å². The second kappa shape index (κ2) is 5.28. The lowest BCUT2D eigenvalue weighted by Gasteiger charge is -2.33. The number of piperazine rings is 1. The molecule has 1 aromatic heterocycles. The van der Waals surface area contributed by atoms with Gasteiger partial charge in [-0.2, -0.15) is 0 Å². The second-order valence-electron chi connectivity index (χ2n) is 4.24. The maximum Gasteiger partial charge on any atom is 0.0945 e. The van der Waals surface area contributed by atoms with Crippen LogP contribution in [0.5, 0.6) is 0 Å². The van der Waals surface area contributed by atoms with Crippen LogP contribution < -0.4 is 5.32 Å². The fraction of sp³-hybridized carbons (Fsp3) is 0.727. The van der Waals surface area contributed by atoms with E-state index in [0.29, 0.717) is 6.04 Å². The van der Waals surface area contributed by atoms with E-state index in [1.54, 1.807) is 0 Å². The minimum atomic E-state index is 0.682. The lowest BCUT2D eigenvalue weighted by atomic mass is 10.2. The van der Waals surface area contributed by atoms with Gasteiger partial charge in [-0.1, -0.05) is 0 Å². The first-order chi connectivity index (χ1) is 7.36. The highest BCUT2D eigenvalue weighted by Crippen LogP contribution is 2.03. The maximum absolute atomic E-state index is 4.04. The van der Waals surface area contributed by atoms with Crippen molar-refractivity contribution >= 4 is 0 Å². The van der Waals surface area contributed by atoms with E-state index >= 15 is 0 Å². The molecule has 4 heteroatoms. The van der Waals surface area contributed by atoms with Crippen molar-refractivity contribution in [2.24, 2.45) is 0 Å². The molecule has 1 N–H and O–H groups in total. The molecule has 2 rings (SSSR count). The number of hydrogen-bond acceptors (Lipinski definition) is 3. The third-order valence-corrected chi connectivity index (χ3v) is 3.06. The Kier molecular flexibility index (Phi) is 3.75. The zero-order valence-electron chi connectivity index (χ0n) is 9.39. The number of aromatic nitrogens is 2. The van der Waals surface area contributed by atoms with Crippen LogP contribution in [0.4, 0.5) is 0 Å². The molecule has 0 spiro atoms. The summed E-state index contributed by atoms with van der Waals surface area (Å²) in [5, 5.41) is 3.41. The molecule has 1 fully saturated rings. The van der Waals surface area contributed by atoms with Gasteiger partial charge in [0.25, 0.3) is 0 Å². The van der Waals surface area contributed by atoms with Gasteiger partial charge in [0.15, 0.2) is 0 Å². The van der Waals surface area contributed by atoms with Gasteiger partial charge in [0.2, 0.25) is 0 Å². The molecule has 4 nitrogen and oxygen atoms in total. The second-order valence-corrected chi connectivity index (χ2v) is 4.24. The van der Waals surface area contributed by atoms with E-state index in [2.05, 4.69) is 26.7 Å². The smallest absolute Gasteiger partial charge is 0.0945 e. The Hall–Kier alpha value is -0.870. The summed E-state index contributed by atoms with van der Waals surface area (Å²) in [6.07, 6.45) is 6.97. The van der Waals surface area contributed by atoms with Crippen molar-refractivity contribution in [3.05, 3.63) is 18.7 Å². The lowest BCUT2D eigenvalue weighted by molar-refractivity contribution is 0.169. The van der Waals surface area contributed by atoms with Crippen LogP contribution in [0.15, 0.2) is 18.7 Å². The standard InChI is InChI=1S/C11H20N4/c1-11-9-12-4-8-15(11)6-2-5-14-7-3-13-10-14/h3,7,10-12H,2,4-6,8-9H2,1H3/t11-/m0/s1. The Morgan fingerprint density at radius 3 is 3.13 bits per heavy atom. The molecule has 1 aliphatic heterocycles. The number of aryl methyl sites for hydroxylation is 1. The minimum Gasteiger partial charge on any atom is -0.337 e. The third-order valence-electron chi connectivity index (χ3n) is 3.06. The Morgan fingerprint density at radius 1 is 1.47 bits per heavy atom. The van der Waals surface area contributed by atoms with Gasteiger partial charge < -0.3 is 9.88 Å². The number of nitrogens with one attached hydrogen (secondary N) is 1. The van der Waals surface area contributed by atoms with Crippen LogP contribution in [-0.4, -0.2) is 46.7 Å². The zero-order valence-corrected chi connectivity index (χ0v) is 9.39. The lowest BCUT2D eigenvalue weighted by Crippen LogP contribution is -2.50. The molecule has 0 aliphatic carbocycles. The molecule has 84 valence electrons. The van der Waals surface area contributed by atoms with Gasteiger partial charge in [0.1, 0.15) is 0 Å². The van der Waals surface area contributed by atoms with E-state index < -0.39 is 0 Å². The highest BCUT2D eigenvalue weighted by Gasteiger charge is 2.16. The van der Waals surface area contributed by atoms with E-state index in [4.69, 9.17) is 0 Å². The molecule has 1 saturated heterocycles. The monoisotopic (exact) mass is 208 g/mol. The number of rotatable bonds is 4. The first-order valence-corrected chi connectivity index (χ1v) is 5.77. The molecule has 2 heterocycles. The Balaban J connectivity index is 1.68. The van der Waals surface area contributed by atoms with E-state index in [1.165, 1.54) is 19.5 Å². The summed E-state index contributed by atoms with van der Waals surface area (Å²) < 4.78 is 2.15. The average Bonchev–Trinajstić information content (AvgIpc) is 2.74. The fourth-order valence-electron chi connectivity index (χ4n) is 2.09. The van der Waals surface area contributed by atoms with Crippen LogP contribution >= 0.6 is 0 Å². The summed E-state index contributed by atoms with van der Waals surface area (Å²) in [6, 6.07) is 0.682. The van der Waals surface area contributed by atoms with Gasteiger partial charge in [0, 0.05) is 51.2 Å². The molecule has 0 saturated carbocycles. The van der Waals surface area contributed by atoms with Crippen LogP contribution in [0.3, 0.4) is 0 Å². The molecule has 1 atom stereocenters. The van der Waals surface area contributed by atoms with E-state index in [0.717, 1.165) is 19.6 Å². The molecule has 1 aromatic rings. The molecule has 0 bridgehead atoms. The van der Waals surface area contributed by atoms with Crippen molar-refractivity contribution in [1.29, 1.82) is 0 Å². The predicted octanol–water partition coefficient (Wildman–Crippen LogP) is 0.567. The van der Waals surface area contributed by atoms with Crippen molar-refractivity contribution in [2.45, 2.75) is 25.9 Å². The van der Waals surface area contributed by atoms with Gasteiger partial charge in [-0.15, -0.1) is 0 Å². The topological polar surface area (TPSA) is 33.1 Å². The highest BCUT2D eigenvalue weighted by molar-refractivity contribution is 4.77. The Morgan fingerprint density at radius 2 is 2.40 bits per heavy atom. The zero-order chi connectivity index (χ0) is 10.5. The van der Waals surface area contributed by atoms with Crippen LogP contribution in [0.2, 0.25) is 0 Å². The fourth-order valence-corrected chi connectivity index (χ4v) is 2.09. The average molecular weight is 208 g/mol. The van der Waals surface area contributed by atoms with E-state index in [-0.39, 0.29) is 0 Å². The summed E-state index contributed by atoms with van der Waals surface area (Å²) >= 11 is 0. The number of imidazole rings is 1. The molecule has 1 aliphatic rings. The first-order valence-electron chi connectivity index (χ1n) is 5.77. The molecule has 0 radical (unpaired) electrons. The number of nitrogens with zero attached hydrogens (tertiary/aromatic N) is 3. The molecule has 0 aromatic carbocycles. The third kappa shape index (κ3) is 3.04. The quantitative estimate of drug-likeness (QED) is 0.785. The summed E-state index contributed by atoms with van der Waals surface area (Å²) in [6.45, 7) is 8.02. The van der Waals surface area contributed by atoms with Crippen molar-refractivity contribution in [3.8, 4) is 0 Å². The first kappa shape index (κ1) is 10.6. The van der Waals surface area contributed by atoms with Crippen LogP contribution in [-0.2, 0) is 6.54 Å². The molecule has 0 amide bonds. The normalized spacial score (nSPS) is 23.1. The molecule has 0 unspecified atom stereocenters. The van der Waals surface area contributed by atoms with E-state index in [1.807, 2.05) is 18.7 Å². The summed E-state index contributed by atoms with van der Waals surface area (Å²) in [7, 11) is 0. The largest absolute Gasteiger partial charge is 0.337 e. The van der Waals surface area contributed by atoms with Crippen LogP contribution in [0.25, 0.3) is 0 Å². The molecular weight excluding hydrogens is 188 g/mol. The molecule has 15 heavy (non-hydrogen) atoms. The number of hydrogen-bond donors (Lipinski definition) is 1. The summed E-state index contributed by atoms with van der Waals surface area (Å²) in [5.41, 5.74) is 0. The maximum atomic E-state index is 4.04. The van der Waals surface area contributed by atoms with Crippen molar-refractivity contribution in [2.75, 3.05) is 26.2 Å². The van der Waals surface area contributed by atoms with Gasteiger partial charge in [-0.25, -0.2) is 4.98 Å². The SMILES string of the molecule is C[C@H]1CNCCN1CCCn1ccnc1. The van der Waals surface area contributed by atoms with Gasteiger partial charge in [-0.3, -0.25) is 4.90 Å². The van der Waals surface area contributed by atoms with Crippen molar-refractivity contribution in [1.82, 2.24) is 19.8 Å². The Bertz CT molecular complexity index is 270. The van der Waals surface area contributed by atoms with Crippen molar-refractivity contribution < 1.29 is 0 Å². The Labute approximate surface area is 91.3 Å². The van der Waals surface area contributed by atoms with Gasteiger partial charge >= 0.3 is 0 Å². The highest BCUT2D eigenvalue weighted by atomic mass is 15.2. The summed E-state index contributed by atoms with van der Waals surface area (Å²) in [4.78, 5) is 6.60. The van der Waals surface area contributed by atoms with Crippen LogP contribution in [0, 0.1) is 0 Å². The minimum absolute atomic E-state index is 0.682. The summed E-state index contributed by atoms with van der Waals surface area (Å²) in [5.74, 6) is 0. The van der Waals surface area contributed by atoms with E-state index in [9.17, 15) is 0 Å². The van der Waals surface area contributed by atoms with Gasteiger partial charge in [0.05, 0.1) is 6.33 Å².